The number of hydrogen-bond donors (Lipinski definition) is 0. The van der Waals surface area contributed by atoms with Gasteiger partial charge in [-0.3, -0.25) is 0 Å². The van der Waals surface area contributed by atoms with Gasteiger partial charge in [-0.15, -0.1) is 0 Å². The molecule has 1 aliphatic rings. The number of halogens is 1. The lowest BCUT2D eigenvalue weighted by atomic mass is 10.3. The molecule has 0 amide bonds. The Bertz CT molecular complexity index is 300. The molecular weight excluding hydrogens is 180 g/mol. The third kappa shape index (κ3) is 1.08. The summed E-state index contributed by atoms with van der Waals surface area (Å²) in [6.07, 6.45) is 3.70. The smallest absolute Gasteiger partial charge is 0.342 e. The minimum atomic E-state index is -0.585. The van der Waals surface area contributed by atoms with Crippen LogP contribution in [-0.4, -0.2) is 15.5 Å². The van der Waals surface area contributed by atoms with Crippen molar-refractivity contribution in [3.8, 4) is 0 Å². The van der Waals surface area contributed by atoms with Crippen molar-refractivity contribution in [2.75, 3.05) is 0 Å². The van der Waals surface area contributed by atoms with Gasteiger partial charge in [-0.05, 0) is 6.42 Å². The summed E-state index contributed by atoms with van der Waals surface area (Å²) in [5.41, 5.74) is 0.291. The van der Waals surface area contributed by atoms with E-state index in [1.807, 2.05) is 4.57 Å². The van der Waals surface area contributed by atoms with Crippen LogP contribution in [0.2, 0.25) is 0 Å². The van der Waals surface area contributed by atoms with Crippen LogP contribution in [0.3, 0.4) is 0 Å². The summed E-state index contributed by atoms with van der Waals surface area (Å²) in [5.74, 6) is 0.352. The first-order chi connectivity index (χ1) is 5.81. The third-order valence-corrected chi connectivity index (χ3v) is 2.08. The normalized spacial score (nSPS) is 14.4. The van der Waals surface area contributed by atoms with Gasteiger partial charge in [0.25, 0.3) is 0 Å². The fourth-order valence-electron chi connectivity index (χ4n) is 1.39. The number of carbonyl (C=O) groups excluding carboxylic acids is 1. The first-order valence-electron chi connectivity index (χ1n) is 3.70. The van der Waals surface area contributed by atoms with E-state index in [-0.39, 0.29) is 0 Å². The summed E-state index contributed by atoms with van der Waals surface area (Å²) in [5, 5.41) is 0. The predicted octanol–water partition coefficient (Wildman–Crippen LogP) is 1.14. The number of aryl methyl sites for hydroxylation is 2. The van der Waals surface area contributed by atoms with E-state index in [0.29, 0.717) is 5.69 Å². The highest BCUT2D eigenvalue weighted by atomic mass is 35.5. The molecule has 1 aromatic rings. The van der Waals surface area contributed by atoms with Crippen molar-refractivity contribution >= 4 is 17.8 Å². The molecule has 1 aliphatic heterocycles. The fourth-order valence-corrected chi connectivity index (χ4v) is 1.47. The topological polar surface area (TPSA) is 44.1 Å². The van der Waals surface area contributed by atoms with Crippen LogP contribution in [0.1, 0.15) is 22.7 Å². The van der Waals surface area contributed by atoms with Gasteiger partial charge in [0, 0.05) is 19.2 Å². The quantitative estimate of drug-likeness (QED) is 0.661. The number of rotatable bonds is 1. The largest absolute Gasteiger partial charge is 0.376 e. The molecule has 0 bridgehead atoms. The Balaban J connectivity index is 2.31. The average Bonchev–Trinajstić information content (AvgIpc) is 2.60. The SMILES string of the molecule is O=C(OCl)c1cn2c(n1)CCC2. The van der Waals surface area contributed by atoms with E-state index in [2.05, 4.69) is 9.27 Å². The zero-order valence-corrected chi connectivity index (χ0v) is 7.04. The lowest BCUT2D eigenvalue weighted by Gasteiger charge is -1.90. The van der Waals surface area contributed by atoms with E-state index in [0.717, 1.165) is 25.2 Å². The molecule has 0 saturated heterocycles. The summed E-state index contributed by atoms with van der Waals surface area (Å²) in [6, 6.07) is 0. The van der Waals surface area contributed by atoms with Crippen LogP contribution in [0.25, 0.3) is 0 Å². The number of aromatic nitrogens is 2. The van der Waals surface area contributed by atoms with E-state index in [9.17, 15) is 4.79 Å². The molecule has 0 aromatic carbocycles. The standard InChI is InChI=1S/C7H7ClN2O2/c8-12-7(11)5-4-10-3-1-2-6(10)9-5/h4H,1-3H2. The maximum atomic E-state index is 10.9. The molecule has 5 heteroatoms. The number of nitrogens with zero attached hydrogens (tertiary/aromatic N) is 2. The lowest BCUT2D eigenvalue weighted by Crippen LogP contribution is -1.98. The van der Waals surface area contributed by atoms with Gasteiger partial charge in [0.2, 0.25) is 0 Å². The molecule has 0 unspecified atom stereocenters. The van der Waals surface area contributed by atoms with E-state index in [1.54, 1.807) is 6.20 Å². The number of hydrogen-bond acceptors (Lipinski definition) is 3. The minimum Gasteiger partial charge on any atom is -0.342 e. The lowest BCUT2D eigenvalue weighted by molar-refractivity contribution is 0.0745. The minimum absolute atomic E-state index is 0.291. The second kappa shape index (κ2) is 2.79. The zero-order valence-electron chi connectivity index (χ0n) is 6.29. The monoisotopic (exact) mass is 186 g/mol. The number of carbonyl (C=O) groups is 1. The Kier molecular flexibility index (Phi) is 1.77. The molecule has 1 aromatic heterocycles. The summed E-state index contributed by atoms with van der Waals surface area (Å²) >= 11 is 4.91. The predicted molar refractivity (Wildman–Crippen MR) is 41.8 cm³/mol. The molecule has 0 radical (unpaired) electrons. The van der Waals surface area contributed by atoms with Crippen molar-refractivity contribution in [2.24, 2.45) is 0 Å². The van der Waals surface area contributed by atoms with Crippen LogP contribution in [-0.2, 0) is 17.3 Å². The molecule has 4 nitrogen and oxygen atoms in total. The molecule has 0 fully saturated rings. The Morgan fingerprint density at radius 2 is 2.58 bits per heavy atom. The molecule has 0 spiro atoms. The van der Waals surface area contributed by atoms with Crippen LogP contribution in [0.15, 0.2) is 6.20 Å². The van der Waals surface area contributed by atoms with Crippen molar-refractivity contribution in [1.29, 1.82) is 0 Å². The third-order valence-electron chi connectivity index (χ3n) is 1.94. The maximum Gasteiger partial charge on any atom is 0.376 e. The van der Waals surface area contributed by atoms with Gasteiger partial charge in [0.1, 0.15) is 17.7 Å². The molecule has 64 valence electrons. The van der Waals surface area contributed by atoms with Crippen LogP contribution in [0.4, 0.5) is 0 Å². The molecule has 12 heavy (non-hydrogen) atoms. The summed E-state index contributed by atoms with van der Waals surface area (Å²) in [4.78, 5) is 15.0. The Labute approximate surface area is 74.3 Å². The molecule has 0 atom stereocenters. The molecule has 0 aliphatic carbocycles. The van der Waals surface area contributed by atoms with E-state index in [1.165, 1.54) is 0 Å². The van der Waals surface area contributed by atoms with Crippen molar-refractivity contribution in [3.05, 3.63) is 17.7 Å². The average molecular weight is 187 g/mol. The van der Waals surface area contributed by atoms with E-state index in [4.69, 9.17) is 11.9 Å². The van der Waals surface area contributed by atoms with Crippen molar-refractivity contribution in [3.63, 3.8) is 0 Å². The van der Waals surface area contributed by atoms with Gasteiger partial charge < -0.3 is 8.86 Å². The van der Waals surface area contributed by atoms with Crippen LogP contribution in [0, 0.1) is 0 Å². The first-order valence-corrected chi connectivity index (χ1v) is 4.01. The van der Waals surface area contributed by atoms with Crippen LogP contribution >= 0.6 is 11.9 Å². The second-order valence-corrected chi connectivity index (χ2v) is 2.86. The van der Waals surface area contributed by atoms with Gasteiger partial charge in [-0.25, -0.2) is 9.78 Å². The summed E-state index contributed by atoms with van der Waals surface area (Å²) in [7, 11) is 0. The van der Waals surface area contributed by atoms with Gasteiger partial charge in [0.15, 0.2) is 5.69 Å². The Hall–Kier alpha value is -1.03. The molecule has 0 saturated carbocycles. The van der Waals surface area contributed by atoms with Crippen LogP contribution < -0.4 is 0 Å². The number of fused-ring (bicyclic) bond motifs is 1. The van der Waals surface area contributed by atoms with E-state index >= 15 is 0 Å². The highest BCUT2D eigenvalue weighted by Gasteiger charge is 2.18. The van der Waals surface area contributed by atoms with Gasteiger partial charge >= 0.3 is 5.97 Å². The maximum absolute atomic E-state index is 10.9. The summed E-state index contributed by atoms with van der Waals surface area (Å²) in [6.45, 7) is 0.928. The molecule has 2 rings (SSSR count). The van der Waals surface area contributed by atoms with Crippen LogP contribution in [0.5, 0.6) is 0 Å². The van der Waals surface area contributed by atoms with Crippen molar-refractivity contribution in [1.82, 2.24) is 9.55 Å². The summed E-state index contributed by atoms with van der Waals surface area (Å²) < 4.78 is 5.98. The van der Waals surface area contributed by atoms with Gasteiger partial charge in [-0.2, -0.15) is 0 Å². The first kappa shape index (κ1) is 7.61. The van der Waals surface area contributed by atoms with E-state index < -0.39 is 5.97 Å². The van der Waals surface area contributed by atoms with Gasteiger partial charge in [-0.1, -0.05) is 0 Å². The Morgan fingerprint density at radius 1 is 1.75 bits per heavy atom. The van der Waals surface area contributed by atoms with Crippen molar-refractivity contribution in [2.45, 2.75) is 19.4 Å². The van der Waals surface area contributed by atoms with Crippen molar-refractivity contribution < 1.29 is 9.08 Å². The Morgan fingerprint density at radius 3 is 3.25 bits per heavy atom. The van der Waals surface area contributed by atoms with Gasteiger partial charge in [0.05, 0.1) is 0 Å². The molecule has 2 heterocycles. The second-order valence-electron chi connectivity index (χ2n) is 2.70. The highest BCUT2D eigenvalue weighted by molar-refractivity contribution is 6.15. The molecular formula is C7H7ClN2O2. The zero-order chi connectivity index (χ0) is 8.55. The fraction of sp³-hybridized carbons (Fsp3) is 0.429. The highest BCUT2D eigenvalue weighted by Crippen LogP contribution is 2.14. The molecule has 0 N–H and O–H groups in total. The number of imidazole rings is 1.